The molecule has 0 radical (unpaired) electrons. The molecule has 6 nitrogen and oxygen atoms in total. The van der Waals surface area contributed by atoms with E-state index in [2.05, 4.69) is 36.5 Å². The Morgan fingerprint density at radius 2 is 1.92 bits per heavy atom. The van der Waals surface area contributed by atoms with E-state index in [0.717, 1.165) is 43.3 Å². The van der Waals surface area contributed by atoms with Crippen LogP contribution >= 0.6 is 0 Å². The third kappa shape index (κ3) is 5.23. The molecule has 0 aromatic rings. The quantitative estimate of drug-likeness (QED) is 0.334. The highest BCUT2D eigenvalue weighted by Crippen LogP contribution is 2.69. The van der Waals surface area contributed by atoms with Crippen molar-refractivity contribution in [1.82, 2.24) is 0 Å². The Morgan fingerprint density at radius 3 is 2.58 bits per heavy atom. The molecule has 200 valence electrons. The van der Waals surface area contributed by atoms with E-state index in [-0.39, 0.29) is 10.8 Å². The molecule has 6 atom stereocenters. The first-order valence-electron chi connectivity index (χ1n) is 13.5. The van der Waals surface area contributed by atoms with Crippen LogP contribution in [0.5, 0.6) is 0 Å². The third-order valence-electron chi connectivity index (χ3n) is 9.59. The highest BCUT2D eigenvalue weighted by molar-refractivity contribution is 5.60. The van der Waals surface area contributed by atoms with Gasteiger partial charge in [-0.3, -0.25) is 0 Å². The lowest BCUT2D eigenvalue weighted by molar-refractivity contribution is -0.0618. The minimum absolute atomic E-state index is 0.0958. The Hall–Kier alpha value is -1.89. The number of rotatable bonds is 6. The second-order valence-corrected chi connectivity index (χ2v) is 12.3. The Kier molecular flexibility index (Phi) is 7.63. The summed E-state index contributed by atoms with van der Waals surface area (Å²) in [6, 6.07) is 0. The molecule has 36 heavy (non-hydrogen) atoms. The SMILES string of the molecule is C=C1/C(=C\C=C2/CCC[C@]3(C)[C@@H](C4(/C=C/[C@@H](O)C(C)(C)OC(=O)OC)CC4)CC[C@@H]23)C[C@@H](O)C[C@@H]1O. The zero-order chi connectivity index (χ0) is 26.3. The fraction of sp³-hybridized carbons (Fsp3) is 0.700. The summed E-state index contributed by atoms with van der Waals surface area (Å²) in [4.78, 5) is 11.6. The number of carbonyl (C=O) groups is 1. The van der Waals surface area contributed by atoms with E-state index in [1.165, 1.54) is 25.5 Å². The van der Waals surface area contributed by atoms with Crippen LogP contribution in [0.1, 0.15) is 78.6 Å². The summed E-state index contributed by atoms with van der Waals surface area (Å²) in [5, 5.41) is 31.1. The molecule has 3 N–H and O–H groups in total. The lowest BCUT2D eigenvalue weighted by Gasteiger charge is -2.45. The Bertz CT molecular complexity index is 954. The van der Waals surface area contributed by atoms with Gasteiger partial charge in [0, 0.05) is 6.42 Å². The number of fused-ring (bicyclic) bond motifs is 1. The summed E-state index contributed by atoms with van der Waals surface area (Å²) in [7, 11) is 1.26. The maximum Gasteiger partial charge on any atom is 0.508 e. The van der Waals surface area contributed by atoms with Crippen LogP contribution in [0.3, 0.4) is 0 Å². The van der Waals surface area contributed by atoms with Crippen molar-refractivity contribution < 1.29 is 29.6 Å². The van der Waals surface area contributed by atoms with Gasteiger partial charge in [0.2, 0.25) is 0 Å². The largest absolute Gasteiger partial charge is 0.508 e. The first-order chi connectivity index (χ1) is 16.9. The average molecular weight is 501 g/mol. The van der Waals surface area contributed by atoms with Crippen molar-refractivity contribution in [3.05, 3.63) is 47.6 Å². The molecule has 0 aromatic heterocycles. The van der Waals surface area contributed by atoms with Gasteiger partial charge in [-0.2, -0.15) is 0 Å². The summed E-state index contributed by atoms with van der Waals surface area (Å²) >= 11 is 0. The molecule has 4 aliphatic carbocycles. The van der Waals surface area contributed by atoms with Crippen LogP contribution < -0.4 is 0 Å². The molecule has 4 aliphatic rings. The fourth-order valence-electron chi connectivity index (χ4n) is 7.26. The summed E-state index contributed by atoms with van der Waals surface area (Å²) in [6.45, 7) is 9.90. The van der Waals surface area contributed by atoms with E-state index in [1.54, 1.807) is 13.8 Å². The van der Waals surface area contributed by atoms with E-state index in [1.807, 2.05) is 6.08 Å². The first kappa shape index (κ1) is 27.2. The molecular formula is C30H44O6. The molecule has 4 fully saturated rings. The number of carbonyl (C=O) groups excluding carboxylic acids is 1. The lowest BCUT2D eigenvalue weighted by Crippen LogP contribution is -2.40. The predicted molar refractivity (Wildman–Crippen MR) is 139 cm³/mol. The average Bonchev–Trinajstić information content (AvgIpc) is 3.51. The van der Waals surface area contributed by atoms with Gasteiger partial charge in [0.05, 0.1) is 19.3 Å². The molecule has 6 heteroatoms. The number of hydrogen-bond donors (Lipinski definition) is 3. The Labute approximate surface area is 215 Å². The summed E-state index contributed by atoms with van der Waals surface area (Å²) in [5.74, 6) is 1.07. The van der Waals surface area contributed by atoms with Crippen LogP contribution in [-0.4, -0.2) is 52.5 Å². The number of methoxy groups -OCH3 is 1. The van der Waals surface area contributed by atoms with Gasteiger partial charge in [-0.25, -0.2) is 4.79 Å². The highest BCUT2D eigenvalue weighted by atomic mass is 16.7. The second kappa shape index (κ2) is 10.1. The van der Waals surface area contributed by atoms with Gasteiger partial charge in [-0.15, -0.1) is 0 Å². The molecule has 0 aliphatic heterocycles. The predicted octanol–water partition coefficient (Wildman–Crippen LogP) is 5.39. The van der Waals surface area contributed by atoms with Crippen LogP contribution in [0.15, 0.2) is 47.6 Å². The molecule has 0 heterocycles. The third-order valence-corrected chi connectivity index (χ3v) is 9.59. The molecule has 4 saturated carbocycles. The zero-order valence-corrected chi connectivity index (χ0v) is 22.3. The smallest absolute Gasteiger partial charge is 0.438 e. The van der Waals surface area contributed by atoms with Crippen molar-refractivity contribution in [3.8, 4) is 0 Å². The van der Waals surface area contributed by atoms with E-state index in [0.29, 0.717) is 24.7 Å². The Morgan fingerprint density at radius 1 is 1.19 bits per heavy atom. The van der Waals surface area contributed by atoms with Gasteiger partial charge in [0.25, 0.3) is 0 Å². The number of allylic oxidation sites excluding steroid dienone is 4. The minimum atomic E-state index is -1.07. The van der Waals surface area contributed by atoms with Crippen molar-refractivity contribution >= 4 is 6.16 Å². The Balaban J connectivity index is 1.50. The molecule has 0 aromatic carbocycles. The molecular weight excluding hydrogens is 456 g/mol. The van der Waals surface area contributed by atoms with Crippen molar-refractivity contribution in [1.29, 1.82) is 0 Å². The first-order valence-corrected chi connectivity index (χ1v) is 13.5. The van der Waals surface area contributed by atoms with Crippen molar-refractivity contribution in [2.24, 2.45) is 22.7 Å². The standard InChI is InChI=1S/C30H44O6/c1-19-21(17-22(31)18-24(19)32)9-8-20-7-6-13-29(4)23(20)10-11-25(29)30(15-16-30)14-12-26(33)28(2,3)36-27(34)35-5/h8-9,12,14,22-26,31-33H,1,6-7,10-11,13,15-18H2,2-5H3/b14-12+,20-8+,21-9-/t22-,23+,24+,25+,26-,29+/m1/s1. The van der Waals surface area contributed by atoms with Crippen LogP contribution in [0.25, 0.3) is 0 Å². The normalized spacial score (nSPS) is 37.2. The molecule has 0 saturated heterocycles. The summed E-state index contributed by atoms with van der Waals surface area (Å²) in [6.07, 6.45) is 14.4. The minimum Gasteiger partial charge on any atom is -0.438 e. The van der Waals surface area contributed by atoms with E-state index < -0.39 is 30.1 Å². The maximum absolute atomic E-state index is 11.6. The molecule has 0 unspecified atom stereocenters. The molecule has 4 rings (SSSR count). The fourth-order valence-corrected chi connectivity index (χ4v) is 7.26. The van der Waals surface area contributed by atoms with Gasteiger partial charge in [0.1, 0.15) is 11.7 Å². The van der Waals surface area contributed by atoms with Gasteiger partial charge in [0.15, 0.2) is 0 Å². The molecule has 0 amide bonds. The van der Waals surface area contributed by atoms with Crippen molar-refractivity contribution in [2.75, 3.05) is 7.11 Å². The van der Waals surface area contributed by atoms with Gasteiger partial charge in [-0.05, 0) is 99.0 Å². The second-order valence-electron chi connectivity index (χ2n) is 12.3. The summed E-state index contributed by atoms with van der Waals surface area (Å²) in [5.41, 5.74) is 2.41. The molecule has 0 bridgehead atoms. The van der Waals surface area contributed by atoms with Crippen molar-refractivity contribution in [3.63, 3.8) is 0 Å². The zero-order valence-electron chi connectivity index (χ0n) is 22.3. The van der Waals surface area contributed by atoms with Crippen LogP contribution in [0, 0.1) is 22.7 Å². The van der Waals surface area contributed by atoms with Crippen LogP contribution in [-0.2, 0) is 9.47 Å². The number of aliphatic hydroxyl groups is 3. The van der Waals surface area contributed by atoms with Gasteiger partial charge in [-0.1, -0.05) is 43.4 Å². The van der Waals surface area contributed by atoms with Crippen LogP contribution in [0.2, 0.25) is 0 Å². The molecule has 0 spiro atoms. The summed E-state index contributed by atoms with van der Waals surface area (Å²) < 4.78 is 9.86. The van der Waals surface area contributed by atoms with E-state index in [4.69, 9.17) is 4.74 Å². The van der Waals surface area contributed by atoms with E-state index in [9.17, 15) is 20.1 Å². The van der Waals surface area contributed by atoms with Crippen LogP contribution in [0.4, 0.5) is 4.79 Å². The number of aliphatic hydroxyl groups excluding tert-OH is 3. The number of hydrogen-bond acceptors (Lipinski definition) is 6. The van der Waals surface area contributed by atoms with Crippen molar-refractivity contribution in [2.45, 2.75) is 102 Å². The monoisotopic (exact) mass is 500 g/mol. The van der Waals surface area contributed by atoms with E-state index >= 15 is 0 Å². The lowest BCUT2D eigenvalue weighted by atomic mass is 9.60. The topological polar surface area (TPSA) is 96.2 Å². The highest BCUT2D eigenvalue weighted by Gasteiger charge is 2.60. The maximum atomic E-state index is 11.6. The van der Waals surface area contributed by atoms with Gasteiger partial charge < -0.3 is 24.8 Å². The number of ether oxygens (including phenoxy) is 2. The van der Waals surface area contributed by atoms with Gasteiger partial charge >= 0.3 is 6.16 Å².